The van der Waals surface area contributed by atoms with Crippen LogP contribution in [-0.2, 0) is 0 Å². The van der Waals surface area contributed by atoms with Crippen molar-refractivity contribution < 1.29 is 11.3 Å². The Labute approximate surface area is 294 Å². The van der Waals surface area contributed by atoms with Crippen LogP contribution in [0.25, 0.3) is 94.7 Å². The summed E-state index contributed by atoms with van der Waals surface area (Å²) in [7, 11) is 0. The second kappa shape index (κ2) is 11.4. The Morgan fingerprint density at radius 1 is 0.460 bits per heavy atom. The van der Waals surface area contributed by atoms with Gasteiger partial charge in [0.05, 0.1) is 17.9 Å². The van der Waals surface area contributed by atoms with Crippen LogP contribution in [0.1, 0.15) is 6.85 Å². The molecule has 0 aliphatic heterocycles. The van der Waals surface area contributed by atoms with Gasteiger partial charge < -0.3 is 8.98 Å². The van der Waals surface area contributed by atoms with Crippen LogP contribution in [0.2, 0.25) is 0 Å². The van der Waals surface area contributed by atoms with E-state index in [2.05, 4.69) is 41.0 Å². The predicted octanol–water partition coefficient (Wildman–Crippen LogP) is 11.5. The molecule has 0 amide bonds. The number of benzene rings is 7. The molecule has 0 N–H and O–H groups in total. The standard InChI is InChI=1S/C45H28N4O/c1-4-15-29(16-5-1)32-22-12-23-34-41-36(25-14-28-39(41)50-42(32)34)45-47-43(30-17-6-2-7-18-30)46-44(48-45)35-24-13-27-38-40(35)33-21-10-11-26-37(33)49(38)31-19-8-3-9-20-31/h1-28H/i1D,4D,5D,15D,16D. The number of rotatable bonds is 5. The minimum atomic E-state index is -0.446. The Hall–Kier alpha value is -6.85. The molecule has 5 heteroatoms. The van der Waals surface area contributed by atoms with Crippen molar-refractivity contribution in [2.45, 2.75) is 0 Å². The Bertz CT molecular complexity index is 3130. The van der Waals surface area contributed by atoms with Crippen LogP contribution in [0.4, 0.5) is 0 Å². The first kappa shape index (κ1) is 23.5. The van der Waals surface area contributed by atoms with Crippen molar-refractivity contribution in [2.75, 3.05) is 0 Å². The highest BCUT2D eigenvalue weighted by molar-refractivity contribution is 6.16. The highest BCUT2D eigenvalue weighted by atomic mass is 16.3. The SMILES string of the molecule is [2H]c1c([2H])c([2H])c(-c2cccc3c2oc2cccc(-c4nc(-c5ccccc5)nc(-c5cccc6c5c5ccccc5n6-c5ccccc5)n4)c23)c([2H])c1[2H]. The van der Waals surface area contributed by atoms with Gasteiger partial charge in [-0.25, -0.2) is 15.0 Å². The Morgan fingerprint density at radius 3 is 1.86 bits per heavy atom. The van der Waals surface area contributed by atoms with Crippen molar-refractivity contribution in [3.8, 4) is 51.0 Å². The van der Waals surface area contributed by atoms with Crippen molar-refractivity contribution in [3.63, 3.8) is 0 Å². The molecule has 234 valence electrons. The van der Waals surface area contributed by atoms with Gasteiger partial charge in [0.1, 0.15) is 11.2 Å². The van der Waals surface area contributed by atoms with E-state index in [0.29, 0.717) is 45.2 Å². The van der Waals surface area contributed by atoms with E-state index in [4.69, 9.17) is 26.2 Å². The molecule has 10 rings (SSSR count). The Kier molecular flexibility index (Phi) is 5.35. The van der Waals surface area contributed by atoms with Gasteiger partial charge in [0.25, 0.3) is 0 Å². The van der Waals surface area contributed by atoms with Gasteiger partial charge >= 0.3 is 0 Å². The van der Waals surface area contributed by atoms with E-state index < -0.39 is 18.1 Å². The number of hydrogen-bond acceptors (Lipinski definition) is 4. The van der Waals surface area contributed by atoms with Crippen LogP contribution in [0, 0.1) is 0 Å². The van der Waals surface area contributed by atoms with Gasteiger partial charge in [-0.2, -0.15) is 0 Å². The van der Waals surface area contributed by atoms with Gasteiger partial charge in [-0.05, 0) is 35.9 Å². The van der Waals surface area contributed by atoms with Gasteiger partial charge in [-0.15, -0.1) is 0 Å². The smallest absolute Gasteiger partial charge is 0.164 e. The lowest BCUT2D eigenvalue weighted by Crippen LogP contribution is -2.01. The number of fused-ring (bicyclic) bond motifs is 6. The minimum absolute atomic E-state index is 0.0776. The second-order valence-electron chi connectivity index (χ2n) is 12.0. The summed E-state index contributed by atoms with van der Waals surface area (Å²) in [6, 6.07) is 44.0. The fraction of sp³-hybridized carbons (Fsp3) is 0. The zero-order chi connectivity index (χ0) is 37.4. The third-order valence-corrected chi connectivity index (χ3v) is 9.15. The summed E-state index contributed by atoms with van der Waals surface area (Å²) in [5.74, 6) is 1.46. The fourth-order valence-electron chi connectivity index (χ4n) is 7.01. The molecule has 0 saturated carbocycles. The Balaban J connectivity index is 1.25. The molecule has 0 aliphatic carbocycles. The summed E-state index contributed by atoms with van der Waals surface area (Å²) in [6.45, 7) is 0. The number of nitrogens with zero attached hydrogens (tertiary/aromatic N) is 4. The van der Waals surface area contributed by atoms with Crippen molar-refractivity contribution in [2.24, 2.45) is 0 Å². The highest BCUT2D eigenvalue weighted by Crippen LogP contribution is 2.42. The van der Waals surface area contributed by atoms with E-state index >= 15 is 0 Å². The van der Waals surface area contributed by atoms with E-state index in [1.54, 1.807) is 6.07 Å². The quantitative estimate of drug-likeness (QED) is 0.187. The molecule has 50 heavy (non-hydrogen) atoms. The molecule has 0 fully saturated rings. The van der Waals surface area contributed by atoms with Crippen LogP contribution < -0.4 is 0 Å². The van der Waals surface area contributed by atoms with Gasteiger partial charge in [0.2, 0.25) is 0 Å². The monoisotopic (exact) mass is 645 g/mol. The topological polar surface area (TPSA) is 56.7 Å². The van der Waals surface area contributed by atoms with Gasteiger partial charge in [-0.1, -0.05) is 139 Å². The molecule has 5 nitrogen and oxygen atoms in total. The zero-order valence-corrected chi connectivity index (χ0v) is 26.5. The molecule has 10 aromatic rings. The van der Waals surface area contributed by atoms with Crippen LogP contribution in [-0.4, -0.2) is 19.5 Å². The average molecular weight is 646 g/mol. The predicted molar refractivity (Wildman–Crippen MR) is 203 cm³/mol. The number of hydrogen-bond donors (Lipinski definition) is 0. The van der Waals surface area contributed by atoms with Gasteiger partial charge in [-0.3, -0.25) is 0 Å². The summed E-state index contributed by atoms with van der Waals surface area (Å²) in [4.78, 5) is 15.4. The normalized spacial score (nSPS) is 13.0. The molecule has 3 aromatic heterocycles. The first-order valence-electron chi connectivity index (χ1n) is 18.8. The minimum Gasteiger partial charge on any atom is -0.455 e. The zero-order valence-electron chi connectivity index (χ0n) is 31.5. The maximum absolute atomic E-state index is 8.69. The lowest BCUT2D eigenvalue weighted by atomic mass is 10.0. The number of para-hydroxylation sites is 3. The first-order valence-corrected chi connectivity index (χ1v) is 16.3. The van der Waals surface area contributed by atoms with E-state index in [1.165, 1.54) is 0 Å². The third-order valence-electron chi connectivity index (χ3n) is 9.15. The van der Waals surface area contributed by atoms with Crippen LogP contribution in [0.5, 0.6) is 0 Å². The number of furan rings is 1. The number of aromatic nitrogens is 4. The van der Waals surface area contributed by atoms with E-state index in [-0.39, 0.29) is 17.6 Å². The van der Waals surface area contributed by atoms with Crippen LogP contribution in [0.15, 0.2) is 174 Å². The molecule has 0 saturated heterocycles. The lowest BCUT2D eigenvalue weighted by molar-refractivity contribution is 0.670. The molecule has 0 unspecified atom stereocenters. The second-order valence-corrected chi connectivity index (χ2v) is 12.0. The van der Waals surface area contributed by atoms with Crippen molar-refractivity contribution in [1.29, 1.82) is 0 Å². The largest absolute Gasteiger partial charge is 0.455 e. The van der Waals surface area contributed by atoms with E-state index in [9.17, 15) is 0 Å². The van der Waals surface area contributed by atoms with E-state index in [0.717, 1.165) is 44.0 Å². The third kappa shape index (κ3) is 4.45. The van der Waals surface area contributed by atoms with Crippen molar-refractivity contribution in [1.82, 2.24) is 19.5 Å². The molecule has 7 aromatic carbocycles. The van der Waals surface area contributed by atoms with Crippen LogP contribution >= 0.6 is 0 Å². The molecule has 0 radical (unpaired) electrons. The van der Waals surface area contributed by atoms with E-state index in [1.807, 2.05) is 97.1 Å². The maximum Gasteiger partial charge on any atom is 0.164 e. The van der Waals surface area contributed by atoms with Gasteiger partial charge in [0, 0.05) is 49.5 Å². The molecule has 3 heterocycles. The van der Waals surface area contributed by atoms with Crippen molar-refractivity contribution in [3.05, 3.63) is 170 Å². The van der Waals surface area contributed by atoms with Gasteiger partial charge in [0.15, 0.2) is 17.5 Å². The molecule has 0 atom stereocenters. The summed E-state index contributed by atoms with van der Waals surface area (Å²) in [5, 5.41) is 3.53. The molecule has 0 spiro atoms. The summed E-state index contributed by atoms with van der Waals surface area (Å²) in [5.41, 5.74) is 6.96. The molecular weight excluding hydrogens is 613 g/mol. The molecular formula is C45H28N4O. The first-order chi connectivity index (χ1) is 26.9. The van der Waals surface area contributed by atoms with Crippen LogP contribution in [0.3, 0.4) is 0 Å². The summed E-state index contributed by atoms with van der Waals surface area (Å²) in [6.07, 6.45) is 0. The lowest BCUT2D eigenvalue weighted by Gasteiger charge is -2.11. The molecule has 0 bridgehead atoms. The van der Waals surface area contributed by atoms with Crippen molar-refractivity contribution >= 4 is 43.7 Å². The highest BCUT2D eigenvalue weighted by Gasteiger charge is 2.22. The average Bonchev–Trinajstić information content (AvgIpc) is 3.79. The summed E-state index contributed by atoms with van der Waals surface area (Å²) >= 11 is 0. The summed E-state index contributed by atoms with van der Waals surface area (Å²) < 4.78 is 50.9. The fourth-order valence-corrected chi connectivity index (χ4v) is 7.01. The molecule has 0 aliphatic rings. The Morgan fingerprint density at radius 2 is 1.06 bits per heavy atom. The maximum atomic E-state index is 8.69.